The van der Waals surface area contributed by atoms with Crippen molar-refractivity contribution in [1.29, 1.82) is 0 Å². The number of benzene rings is 2. The maximum Gasteiger partial charge on any atom is 0.325 e. The highest BCUT2D eigenvalue weighted by atomic mass is 35.5. The average Bonchev–Trinajstić information content (AvgIpc) is 3.18. The molecule has 3 aromatic rings. The minimum absolute atomic E-state index is 0.0704. The van der Waals surface area contributed by atoms with Crippen molar-refractivity contribution in [3.8, 4) is 11.5 Å². The van der Waals surface area contributed by atoms with Crippen LogP contribution in [0.25, 0.3) is 0 Å². The summed E-state index contributed by atoms with van der Waals surface area (Å²) in [7, 11) is -3.68. The standard InChI is InChI=1S/C22H21Cl2N3O5S/c23-14-4-6-15(7-5-14)32-21-9-8-16(10-18(21)24)33(30,31)13-25-19-2-1-3-20-17(19)11-26-27(20)12-22(28)29/h4-11,19,25H,1-3,12-13H2,(H,28,29)/t19-/m1/s1. The Morgan fingerprint density at radius 3 is 2.67 bits per heavy atom. The first kappa shape index (κ1) is 23.6. The molecule has 174 valence electrons. The van der Waals surface area contributed by atoms with Crippen molar-refractivity contribution in [2.75, 3.05) is 5.88 Å². The number of hydrogen-bond acceptors (Lipinski definition) is 6. The quantitative estimate of drug-likeness (QED) is 0.460. The van der Waals surface area contributed by atoms with Crippen LogP contribution in [0, 0.1) is 0 Å². The van der Waals surface area contributed by atoms with E-state index in [-0.39, 0.29) is 28.4 Å². The second-order valence-electron chi connectivity index (χ2n) is 7.65. The summed E-state index contributed by atoms with van der Waals surface area (Å²) in [5, 5.41) is 17.0. The largest absolute Gasteiger partial charge is 0.480 e. The van der Waals surface area contributed by atoms with Crippen LogP contribution in [0.5, 0.6) is 11.5 Å². The van der Waals surface area contributed by atoms with E-state index in [0.29, 0.717) is 22.9 Å². The zero-order valence-corrected chi connectivity index (χ0v) is 19.7. The number of aliphatic carboxylic acids is 1. The van der Waals surface area contributed by atoms with Crippen LogP contribution in [0.4, 0.5) is 0 Å². The van der Waals surface area contributed by atoms with Crippen LogP contribution in [-0.2, 0) is 27.6 Å². The molecule has 0 saturated carbocycles. The monoisotopic (exact) mass is 509 g/mol. The number of carboxylic acid groups (broad SMARTS) is 1. The van der Waals surface area contributed by atoms with Crippen LogP contribution >= 0.6 is 23.2 Å². The Morgan fingerprint density at radius 2 is 1.97 bits per heavy atom. The lowest BCUT2D eigenvalue weighted by Crippen LogP contribution is -2.30. The number of ether oxygens (including phenoxy) is 1. The molecule has 1 atom stereocenters. The highest BCUT2D eigenvalue weighted by Crippen LogP contribution is 2.33. The Bertz CT molecular complexity index is 1280. The van der Waals surface area contributed by atoms with E-state index in [1.807, 2.05) is 0 Å². The SMILES string of the molecule is O=C(O)Cn1ncc2c1CCC[C@H]2NCS(=O)(=O)c1ccc(Oc2ccc(Cl)cc2)c(Cl)c1. The van der Waals surface area contributed by atoms with Gasteiger partial charge in [-0.1, -0.05) is 23.2 Å². The molecular weight excluding hydrogens is 489 g/mol. The highest BCUT2D eigenvalue weighted by molar-refractivity contribution is 7.91. The molecule has 0 spiro atoms. The Labute approximate surface area is 201 Å². The van der Waals surface area contributed by atoms with Crippen LogP contribution < -0.4 is 10.1 Å². The van der Waals surface area contributed by atoms with Gasteiger partial charge in [-0.2, -0.15) is 5.10 Å². The summed E-state index contributed by atoms with van der Waals surface area (Å²) < 4.78 is 33.0. The second-order valence-corrected chi connectivity index (χ2v) is 10.5. The van der Waals surface area contributed by atoms with E-state index in [1.54, 1.807) is 30.5 Å². The molecule has 1 aliphatic carbocycles. The first-order valence-corrected chi connectivity index (χ1v) is 12.6. The molecule has 2 N–H and O–H groups in total. The van der Waals surface area contributed by atoms with Crippen molar-refractivity contribution in [3.63, 3.8) is 0 Å². The fraction of sp³-hybridized carbons (Fsp3) is 0.273. The van der Waals surface area contributed by atoms with Gasteiger partial charge < -0.3 is 9.84 Å². The number of carbonyl (C=O) groups is 1. The van der Waals surface area contributed by atoms with Crippen LogP contribution in [0.15, 0.2) is 53.6 Å². The lowest BCUT2D eigenvalue weighted by atomic mass is 9.93. The number of fused-ring (bicyclic) bond motifs is 1. The minimum atomic E-state index is -3.68. The number of hydrogen-bond donors (Lipinski definition) is 2. The molecule has 8 nitrogen and oxygen atoms in total. The van der Waals surface area contributed by atoms with Crippen molar-refractivity contribution in [3.05, 3.63) is 70.0 Å². The van der Waals surface area contributed by atoms with Crippen LogP contribution in [0.3, 0.4) is 0 Å². The highest BCUT2D eigenvalue weighted by Gasteiger charge is 2.26. The normalized spacial score (nSPS) is 15.8. The molecule has 1 aliphatic rings. The van der Waals surface area contributed by atoms with E-state index in [4.69, 9.17) is 33.0 Å². The summed E-state index contributed by atoms with van der Waals surface area (Å²) >= 11 is 12.2. The third kappa shape index (κ3) is 5.50. The zero-order chi connectivity index (χ0) is 23.6. The Balaban J connectivity index is 1.45. The van der Waals surface area contributed by atoms with Gasteiger partial charge in [0.2, 0.25) is 0 Å². The summed E-state index contributed by atoms with van der Waals surface area (Å²) in [4.78, 5) is 11.1. The minimum Gasteiger partial charge on any atom is -0.480 e. The zero-order valence-electron chi connectivity index (χ0n) is 17.4. The Kier molecular flexibility index (Phi) is 6.94. The van der Waals surface area contributed by atoms with E-state index in [0.717, 1.165) is 24.1 Å². The van der Waals surface area contributed by atoms with Crippen molar-refractivity contribution in [2.45, 2.75) is 36.7 Å². The summed E-state index contributed by atoms with van der Waals surface area (Å²) in [6.45, 7) is -0.219. The maximum absolute atomic E-state index is 12.9. The first-order valence-electron chi connectivity index (χ1n) is 10.2. The molecule has 11 heteroatoms. The topological polar surface area (TPSA) is 111 Å². The van der Waals surface area contributed by atoms with E-state index in [9.17, 15) is 13.2 Å². The van der Waals surface area contributed by atoms with Crippen molar-refractivity contribution >= 4 is 39.0 Å². The smallest absolute Gasteiger partial charge is 0.325 e. The average molecular weight is 510 g/mol. The molecule has 0 saturated heterocycles. The molecule has 1 heterocycles. The number of nitrogens with one attached hydrogen (secondary N) is 1. The third-order valence-electron chi connectivity index (χ3n) is 5.37. The number of nitrogens with zero attached hydrogens (tertiary/aromatic N) is 2. The maximum atomic E-state index is 12.9. The van der Waals surface area contributed by atoms with Crippen molar-refractivity contribution in [2.24, 2.45) is 0 Å². The van der Waals surface area contributed by atoms with Gasteiger partial charge in [-0.25, -0.2) is 8.42 Å². The number of carboxylic acids is 1. The van der Waals surface area contributed by atoms with E-state index >= 15 is 0 Å². The number of sulfone groups is 1. The number of rotatable bonds is 8. The summed E-state index contributed by atoms with van der Waals surface area (Å²) in [6.07, 6.45) is 3.86. The lowest BCUT2D eigenvalue weighted by Gasteiger charge is -2.24. The van der Waals surface area contributed by atoms with E-state index in [1.165, 1.54) is 22.9 Å². The lowest BCUT2D eigenvalue weighted by molar-refractivity contribution is -0.137. The number of halogens is 2. The van der Waals surface area contributed by atoms with Crippen LogP contribution in [0.2, 0.25) is 10.0 Å². The fourth-order valence-electron chi connectivity index (χ4n) is 3.78. The summed E-state index contributed by atoms with van der Waals surface area (Å²) in [6, 6.07) is 10.8. The Hall–Kier alpha value is -2.59. The van der Waals surface area contributed by atoms with Crippen molar-refractivity contribution < 1.29 is 23.1 Å². The molecule has 0 unspecified atom stereocenters. The van der Waals surface area contributed by atoms with Gasteiger partial charge >= 0.3 is 5.97 Å². The van der Waals surface area contributed by atoms with Gasteiger partial charge in [-0.3, -0.25) is 14.8 Å². The molecular formula is C22H21Cl2N3O5S. The molecule has 0 fully saturated rings. The second kappa shape index (κ2) is 9.72. The molecule has 0 radical (unpaired) electrons. The fourth-order valence-corrected chi connectivity index (χ4v) is 5.35. The van der Waals surface area contributed by atoms with Gasteiger partial charge in [0.25, 0.3) is 0 Å². The van der Waals surface area contributed by atoms with Gasteiger partial charge in [-0.05, 0) is 61.7 Å². The van der Waals surface area contributed by atoms with Gasteiger partial charge in [0.1, 0.15) is 23.9 Å². The molecule has 2 aromatic carbocycles. The first-order chi connectivity index (χ1) is 15.7. The van der Waals surface area contributed by atoms with Crippen LogP contribution in [-0.4, -0.2) is 35.2 Å². The van der Waals surface area contributed by atoms with Gasteiger partial charge in [0.15, 0.2) is 9.84 Å². The third-order valence-corrected chi connectivity index (χ3v) is 7.44. The summed E-state index contributed by atoms with van der Waals surface area (Å²) in [5.74, 6) is -0.419. The number of aromatic nitrogens is 2. The molecule has 0 amide bonds. The van der Waals surface area contributed by atoms with E-state index in [2.05, 4.69) is 10.4 Å². The molecule has 0 bridgehead atoms. The van der Waals surface area contributed by atoms with Crippen LogP contribution in [0.1, 0.15) is 30.1 Å². The van der Waals surface area contributed by atoms with Gasteiger partial charge in [-0.15, -0.1) is 0 Å². The molecule has 4 rings (SSSR count). The van der Waals surface area contributed by atoms with E-state index < -0.39 is 15.8 Å². The van der Waals surface area contributed by atoms with Crippen molar-refractivity contribution in [1.82, 2.24) is 15.1 Å². The Morgan fingerprint density at radius 1 is 1.21 bits per heavy atom. The van der Waals surface area contributed by atoms with Gasteiger partial charge in [0, 0.05) is 22.3 Å². The van der Waals surface area contributed by atoms with Gasteiger partial charge in [0.05, 0.1) is 16.1 Å². The summed E-state index contributed by atoms with van der Waals surface area (Å²) in [5.41, 5.74) is 1.66. The molecule has 1 aromatic heterocycles. The molecule has 33 heavy (non-hydrogen) atoms. The molecule has 0 aliphatic heterocycles. The predicted molar refractivity (Wildman–Crippen MR) is 124 cm³/mol. The predicted octanol–water partition coefficient (Wildman–Crippen LogP) is 4.47.